The first-order chi connectivity index (χ1) is 32.2. The van der Waals surface area contributed by atoms with Gasteiger partial charge < -0.3 is 25.3 Å². The summed E-state index contributed by atoms with van der Waals surface area (Å²) < 4.78 is 0. The lowest BCUT2D eigenvalue weighted by Gasteiger charge is -2.55. The van der Waals surface area contributed by atoms with Crippen LogP contribution in [0.2, 0.25) is 0 Å². The van der Waals surface area contributed by atoms with Crippen molar-refractivity contribution >= 4 is 35.1 Å². The number of rotatable bonds is 14. The minimum atomic E-state index is -0.573. The molecule has 2 atom stereocenters. The fourth-order valence-corrected chi connectivity index (χ4v) is 10.2. The highest BCUT2D eigenvalue weighted by atomic mass is 16.2. The van der Waals surface area contributed by atoms with E-state index in [0.717, 1.165) is 92.0 Å². The van der Waals surface area contributed by atoms with E-state index >= 15 is 0 Å². The Morgan fingerprint density at radius 3 is 2.17 bits per heavy atom. The van der Waals surface area contributed by atoms with Gasteiger partial charge in [-0.15, -0.1) is 0 Å². The number of hydrogen-bond donors (Lipinski definition) is 3. The topological polar surface area (TPSA) is 151 Å². The van der Waals surface area contributed by atoms with E-state index in [1.807, 2.05) is 83.8 Å². The van der Waals surface area contributed by atoms with Crippen LogP contribution < -0.4 is 20.9 Å². The summed E-state index contributed by atoms with van der Waals surface area (Å²) in [4.78, 5) is 62.5. The van der Waals surface area contributed by atoms with Gasteiger partial charge in [-0.2, -0.15) is 5.26 Å². The van der Waals surface area contributed by atoms with Crippen molar-refractivity contribution in [2.75, 3.05) is 62.6 Å². The molecular weight excluding hydrogens is 825 g/mol. The number of piperidine rings is 3. The van der Waals surface area contributed by atoms with E-state index in [9.17, 15) is 19.2 Å². The number of anilines is 2. The van der Waals surface area contributed by atoms with Crippen molar-refractivity contribution in [2.24, 2.45) is 11.3 Å². The maximum absolute atomic E-state index is 13.6. The lowest BCUT2D eigenvalue weighted by molar-refractivity contribution is -0.134. The molecule has 9 rings (SSSR count). The van der Waals surface area contributed by atoms with E-state index in [1.165, 1.54) is 18.5 Å². The molecule has 2 unspecified atom stereocenters. The Kier molecular flexibility index (Phi) is 13.6. The first kappa shape index (κ1) is 44.5. The molecule has 5 aromatic rings. The van der Waals surface area contributed by atoms with Crippen molar-refractivity contribution in [3.8, 4) is 17.2 Å². The molecule has 0 aliphatic carbocycles. The normalized spacial score (nSPS) is 19.1. The minimum Gasteiger partial charge on any atom is -0.370 e. The molecule has 0 saturated carbocycles. The molecule has 0 radical (unpaired) electrons. The van der Waals surface area contributed by atoms with Crippen LogP contribution in [0.25, 0.3) is 11.1 Å². The quantitative estimate of drug-likeness (QED) is 0.0999. The Labute approximate surface area is 387 Å². The summed E-state index contributed by atoms with van der Waals surface area (Å²) in [6.07, 6.45) is 8.33. The molecule has 5 heterocycles. The predicted octanol–water partition coefficient (Wildman–Crippen LogP) is 7.04. The summed E-state index contributed by atoms with van der Waals surface area (Å²) >= 11 is 0. The van der Waals surface area contributed by atoms with Gasteiger partial charge in [0.25, 0.3) is 0 Å². The molecule has 12 heteroatoms. The van der Waals surface area contributed by atoms with Gasteiger partial charge in [-0.05, 0) is 122 Å². The molecule has 4 aromatic carbocycles. The van der Waals surface area contributed by atoms with Crippen molar-refractivity contribution < 1.29 is 19.2 Å². The number of nitriles is 1. The number of imide groups is 1. The highest BCUT2D eigenvalue weighted by Crippen LogP contribution is 2.43. The summed E-state index contributed by atoms with van der Waals surface area (Å²) in [5.41, 5.74) is 8.03. The number of aromatic nitrogens is 1. The molecule has 3 N–H and O–H groups in total. The van der Waals surface area contributed by atoms with Crippen LogP contribution in [-0.4, -0.2) is 90.8 Å². The molecule has 338 valence electrons. The number of carbonyl (C=O) groups excluding carboxylic acids is 4. The number of benzene rings is 4. The third-order valence-electron chi connectivity index (χ3n) is 14.3. The van der Waals surface area contributed by atoms with Gasteiger partial charge in [0.15, 0.2) is 0 Å². The number of amides is 4. The van der Waals surface area contributed by atoms with Crippen LogP contribution in [0.15, 0.2) is 121 Å². The zero-order chi connectivity index (χ0) is 45.5. The zero-order valence-electron chi connectivity index (χ0n) is 37.5. The standard InChI is InChI=1S/C54H58N8O4/c55-33-40-8-6-38(7-9-40)22-27-56-51(44-4-2-1-3-5-44)53(66)58-48-20-16-45(34-57-48)42-12-10-39(11-13-42)32-50(64)61-28-23-41(24-29-61)35-60-30-25-54(26-31-60)36-62(37-54)46-17-14-43(15-18-46)47-19-21-49(63)59-52(47)65/h1-18,20,34,41,47,51,56H,19,21-32,35-37H2,(H,57,58,66)(H,59,63,65). The number of pyridine rings is 1. The first-order valence-electron chi connectivity index (χ1n) is 23.5. The van der Waals surface area contributed by atoms with Crippen LogP contribution >= 0.6 is 0 Å². The van der Waals surface area contributed by atoms with Crippen molar-refractivity contribution in [1.29, 1.82) is 5.26 Å². The van der Waals surface area contributed by atoms with E-state index in [1.54, 1.807) is 18.3 Å². The maximum atomic E-state index is 13.6. The van der Waals surface area contributed by atoms with Gasteiger partial charge >= 0.3 is 0 Å². The Balaban J connectivity index is 0.685. The number of likely N-dealkylation sites (tertiary alicyclic amines) is 2. The average Bonchev–Trinajstić information content (AvgIpc) is 3.34. The summed E-state index contributed by atoms with van der Waals surface area (Å²) in [5, 5.41) is 17.9. The molecule has 0 bridgehead atoms. The minimum absolute atomic E-state index is 0.180. The van der Waals surface area contributed by atoms with Crippen LogP contribution in [0.5, 0.6) is 0 Å². The molecule has 4 amide bonds. The Morgan fingerprint density at radius 2 is 1.50 bits per heavy atom. The van der Waals surface area contributed by atoms with E-state index in [4.69, 9.17) is 5.26 Å². The molecular formula is C54H58N8O4. The first-order valence-corrected chi connectivity index (χ1v) is 23.5. The van der Waals surface area contributed by atoms with Crippen molar-refractivity contribution in [1.82, 2.24) is 25.4 Å². The fraction of sp³-hybridized carbons (Fsp3) is 0.370. The lowest BCUT2D eigenvalue weighted by Crippen LogP contribution is -2.60. The number of nitrogens with zero attached hydrogens (tertiary/aromatic N) is 5. The van der Waals surface area contributed by atoms with Crippen molar-refractivity contribution in [2.45, 2.75) is 63.3 Å². The second kappa shape index (κ2) is 20.2. The summed E-state index contributed by atoms with van der Waals surface area (Å²) in [7, 11) is 0. The van der Waals surface area contributed by atoms with E-state index < -0.39 is 6.04 Å². The average molecular weight is 883 g/mol. The van der Waals surface area contributed by atoms with Crippen LogP contribution in [0.3, 0.4) is 0 Å². The van der Waals surface area contributed by atoms with Gasteiger partial charge in [-0.25, -0.2) is 4.98 Å². The fourth-order valence-electron chi connectivity index (χ4n) is 10.2. The monoisotopic (exact) mass is 882 g/mol. The SMILES string of the molecule is N#Cc1ccc(CCNC(C(=O)Nc2ccc(-c3ccc(CC(=O)N4CCC(CN5CCC6(CC5)CN(c5ccc(C7CCC(=O)NC7=O)cc5)C6)CC4)cc3)cn2)c2ccccc2)cc1. The Bertz CT molecular complexity index is 2520. The third kappa shape index (κ3) is 10.7. The van der Waals surface area contributed by atoms with Gasteiger partial charge in [-0.3, -0.25) is 24.5 Å². The molecule has 1 aromatic heterocycles. The summed E-state index contributed by atoms with van der Waals surface area (Å²) in [6.45, 7) is 7.72. The maximum Gasteiger partial charge on any atom is 0.247 e. The highest BCUT2D eigenvalue weighted by molar-refractivity contribution is 6.01. The molecule has 1 spiro atoms. The predicted molar refractivity (Wildman–Crippen MR) is 255 cm³/mol. The van der Waals surface area contributed by atoms with Gasteiger partial charge in [0.1, 0.15) is 11.9 Å². The number of carbonyl (C=O) groups is 4. The molecule has 4 aliphatic heterocycles. The number of hydrogen-bond acceptors (Lipinski definition) is 9. The van der Waals surface area contributed by atoms with Crippen molar-refractivity contribution in [3.05, 3.63) is 149 Å². The summed E-state index contributed by atoms with van der Waals surface area (Å²) in [5.74, 6) is 0.447. The van der Waals surface area contributed by atoms with E-state index in [2.05, 4.69) is 61.1 Å². The van der Waals surface area contributed by atoms with Crippen molar-refractivity contribution in [3.63, 3.8) is 0 Å². The third-order valence-corrected chi connectivity index (χ3v) is 14.3. The van der Waals surface area contributed by atoms with Gasteiger partial charge in [0.2, 0.25) is 23.6 Å². The zero-order valence-corrected chi connectivity index (χ0v) is 37.5. The van der Waals surface area contributed by atoms with Crippen LogP contribution in [-0.2, 0) is 32.0 Å². The van der Waals surface area contributed by atoms with Crippen LogP contribution in [0.1, 0.15) is 78.3 Å². The molecule has 4 aliphatic rings. The molecule has 4 fully saturated rings. The van der Waals surface area contributed by atoms with Gasteiger partial charge in [0, 0.05) is 68.6 Å². The van der Waals surface area contributed by atoms with E-state index in [0.29, 0.717) is 54.9 Å². The second-order valence-electron chi connectivity index (χ2n) is 18.7. The highest BCUT2D eigenvalue weighted by Gasteiger charge is 2.45. The molecule has 12 nitrogen and oxygen atoms in total. The largest absolute Gasteiger partial charge is 0.370 e. The smallest absolute Gasteiger partial charge is 0.247 e. The van der Waals surface area contributed by atoms with Gasteiger partial charge in [-0.1, -0.05) is 78.9 Å². The van der Waals surface area contributed by atoms with E-state index in [-0.39, 0.29) is 29.5 Å². The summed E-state index contributed by atoms with van der Waals surface area (Å²) in [6, 6.07) is 38.9. The number of nitrogens with one attached hydrogen (secondary N) is 3. The Morgan fingerprint density at radius 1 is 0.803 bits per heavy atom. The Hall–Kier alpha value is -6.68. The second-order valence-corrected chi connectivity index (χ2v) is 18.7. The molecule has 4 saturated heterocycles. The van der Waals surface area contributed by atoms with Crippen LogP contribution in [0.4, 0.5) is 11.5 Å². The van der Waals surface area contributed by atoms with Gasteiger partial charge in [0.05, 0.1) is 24.0 Å². The molecule has 66 heavy (non-hydrogen) atoms. The van der Waals surface area contributed by atoms with Crippen LogP contribution in [0, 0.1) is 22.7 Å². The lowest BCUT2D eigenvalue weighted by atomic mass is 9.71.